The first-order valence-electron chi connectivity index (χ1n) is 7.92. The Balaban J connectivity index is 0.00000242. The minimum absolute atomic E-state index is 0. The second kappa shape index (κ2) is 11.6. The summed E-state index contributed by atoms with van der Waals surface area (Å²) in [6.45, 7) is 6.03. The second-order valence-electron chi connectivity index (χ2n) is 5.61. The molecule has 0 spiro atoms. The zero-order chi connectivity index (χ0) is 15.1. The van der Waals surface area contributed by atoms with Crippen molar-refractivity contribution in [2.45, 2.75) is 38.6 Å². The van der Waals surface area contributed by atoms with Gasteiger partial charge in [0, 0.05) is 43.9 Å². The molecule has 5 nitrogen and oxygen atoms in total. The number of hydrogen-bond acceptors (Lipinski definition) is 4. The Morgan fingerprint density at radius 2 is 1.87 bits per heavy atom. The van der Waals surface area contributed by atoms with Gasteiger partial charge in [-0.15, -0.1) is 24.8 Å². The van der Waals surface area contributed by atoms with Crippen LogP contribution >= 0.6 is 24.8 Å². The van der Waals surface area contributed by atoms with E-state index < -0.39 is 0 Å². The Kier molecular flexibility index (Phi) is 11.2. The van der Waals surface area contributed by atoms with E-state index in [1.54, 1.807) is 12.1 Å². The molecular formula is C16H27Cl2N3O2. The number of para-hydroxylation sites is 1. The average molecular weight is 364 g/mol. The van der Waals surface area contributed by atoms with E-state index in [-0.39, 0.29) is 41.5 Å². The van der Waals surface area contributed by atoms with Crippen molar-refractivity contribution in [1.29, 1.82) is 0 Å². The minimum Gasteiger partial charge on any atom is -0.314 e. The van der Waals surface area contributed by atoms with E-state index in [0.717, 1.165) is 44.6 Å². The number of halogens is 2. The molecule has 0 unspecified atom stereocenters. The molecule has 0 aliphatic carbocycles. The van der Waals surface area contributed by atoms with Gasteiger partial charge in [-0.2, -0.15) is 0 Å². The van der Waals surface area contributed by atoms with Crippen LogP contribution in [0.3, 0.4) is 0 Å². The lowest BCUT2D eigenvalue weighted by atomic mass is 9.96. The number of nitro groups is 1. The largest absolute Gasteiger partial charge is 0.314 e. The van der Waals surface area contributed by atoms with Crippen LogP contribution in [0.2, 0.25) is 0 Å². The predicted molar refractivity (Wildman–Crippen MR) is 98.9 cm³/mol. The number of hydrogen-bond donors (Lipinski definition) is 1. The maximum absolute atomic E-state index is 11.3. The highest BCUT2D eigenvalue weighted by molar-refractivity contribution is 5.85. The lowest BCUT2D eigenvalue weighted by molar-refractivity contribution is -0.386. The molecule has 1 aromatic rings. The lowest BCUT2D eigenvalue weighted by Crippen LogP contribution is -2.45. The van der Waals surface area contributed by atoms with Gasteiger partial charge in [0.15, 0.2) is 0 Å². The SMILES string of the molecule is CCCCC[C@@H](c1ccccc1[N+](=O)[O-])N1CCNCC1.Cl.Cl. The summed E-state index contributed by atoms with van der Waals surface area (Å²) in [7, 11) is 0. The van der Waals surface area contributed by atoms with E-state index in [4.69, 9.17) is 0 Å². The van der Waals surface area contributed by atoms with Gasteiger partial charge in [0.2, 0.25) is 0 Å². The molecule has 0 amide bonds. The summed E-state index contributed by atoms with van der Waals surface area (Å²) in [4.78, 5) is 13.5. The van der Waals surface area contributed by atoms with Crippen molar-refractivity contribution in [2.24, 2.45) is 0 Å². The molecule has 1 saturated heterocycles. The third-order valence-electron chi connectivity index (χ3n) is 4.17. The van der Waals surface area contributed by atoms with Gasteiger partial charge in [0.25, 0.3) is 5.69 Å². The summed E-state index contributed by atoms with van der Waals surface area (Å²) in [5.74, 6) is 0. The molecule has 1 aliphatic rings. The summed E-state index contributed by atoms with van der Waals surface area (Å²) >= 11 is 0. The molecule has 0 bridgehead atoms. The van der Waals surface area contributed by atoms with E-state index in [0.29, 0.717) is 0 Å². The lowest BCUT2D eigenvalue weighted by Gasteiger charge is -2.35. The van der Waals surface area contributed by atoms with Gasteiger partial charge in [0.1, 0.15) is 0 Å². The summed E-state index contributed by atoms with van der Waals surface area (Å²) in [5.41, 5.74) is 1.14. The van der Waals surface area contributed by atoms with Crippen LogP contribution in [-0.2, 0) is 0 Å². The van der Waals surface area contributed by atoms with Crippen LogP contribution in [0.1, 0.15) is 44.2 Å². The minimum atomic E-state index is -0.246. The first kappa shape index (κ1) is 22.1. The molecule has 1 aliphatic heterocycles. The summed E-state index contributed by atoms with van der Waals surface area (Å²) in [6.07, 6.45) is 4.48. The fourth-order valence-electron chi connectivity index (χ4n) is 3.05. The molecule has 7 heteroatoms. The number of nitro benzene ring substituents is 1. The standard InChI is InChI=1S/C16H25N3O2.2ClH/c1-2-3-4-8-15(18-12-10-17-11-13-18)14-7-5-6-9-16(14)19(20)21;;/h5-7,9,15,17H,2-4,8,10-13H2,1H3;2*1H/t15-;;/m0../s1. The number of unbranched alkanes of at least 4 members (excludes halogenated alkanes) is 2. The van der Waals surface area contributed by atoms with Crippen LogP contribution in [0.15, 0.2) is 24.3 Å². The van der Waals surface area contributed by atoms with Gasteiger partial charge in [-0.25, -0.2) is 0 Å². The van der Waals surface area contributed by atoms with Gasteiger partial charge in [-0.3, -0.25) is 15.0 Å². The molecule has 0 aromatic heterocycles. The molecule has 0 radical (unpaired) electrons. The molecule has 0 saturated carbocycles. The quantitative estimate of drug-likeness (QED) is 0.452. The van der Waals surface area contributed by atoms with E-state index in [1.165, 1.54) is 12.8 Å². The molecule has 2 rings (SSSR count). The number of benzene rings is 1. The Hall–Kier alpha value is -0.880. The Morgan fingerprint density at radius 3 is 2.48 bits per heavy atom. The second-order valence-corrected chi connectivity index (χ2v) is 5.61. The molecule has 1 fully saturated rings. The van der Waals surface area contributed by atoms with Crippen LogP contribution in [-0.4, -0.2) is 36.0 Å². The van der Waals surface area contributed by atoms with E-state index in [2.05, 4.69) is 17.1 Å². The molecule has 1 N–H and O–H groups in total. The zero-order valence-electron chi connectivity index (χ0n) is 13.6. The first-order valence-corrected chi connectivity index (χ1v) is 7.92. The van der Waals surface area contributed by atoms with Crippen LogP contribution in [0.4, 0.5) is 5.69 Å². The molecule has 1 heterocycles. The van der Waals surface area contributed by atoms with Crippen LogP contribution < -0.4 is 5.32 Å². The smallest absolute Gasteiger partial charge is 0.274 e. The molecule has 23 heavy (non-hydrogen) atoms. The maximum Gasteiger partial charge on any atom is 0.274 e. The maximum atomic E-state index is 11.3. The highest BCUT2D eigenvalue weighted by atomic mass is 35.5. The van der Waals surface area contributed by atoms with E-state index in [1.807, 2.05) is 12.1 Å². The van der Waals surface area contributed by atoms with Crippen LogP contribution in [0.5, 0.6) is 0 Å². The first-order chi connectivity index (χ1) is 10.2. The molecule has 132 valence electrons. The number of rotatable bonds is 7. The summed E-state index contributed by atoms with van der Waals surface area (Å²) < 4.78 is 0. The Morgan fingerprint density at radius 1 is 1.22 bits per heavy atom. The van der Waals surface area contributed by atoms with Crippen LogP contribution in [0.25, 0.3) is 0 Å². The Labute approximate surface area is 150 Å². The Bertz CT molecular complexity index is 468. The van der Waals surface area contributed by atoms with Crippen molar-refractivity contribution < 1.29 is 4.92 Å². The van der Waals surface area contributed by atoms with Crippen molar-refractivity contribution in [2.75, 3.05) is 26.2 Å². The molecular weight excluding hydrogens is 337 g/mol. The fourth-order valence-corrected chi connectivity index (χ4v) is 3.05. The van der Waals surface area contributed by atoms with Gasteiger partial charge in [-0.05, 0) is 6.42 Å². The average Bonchev–Trinajstić information content (AvgIpc) is 2.52. The van der Waals surface area contributed by atoms with Gasteiger partial charge in [0.05, 0.1) is 4.92 Å². The van der Waals surface area contributed by atoms with E-state index in [9.17, 15) is 10.1 Å². The number of piperazine rings is 1. The van der Waals surface area contributed by atoms with Crippen LogP contribution in [0, 0.1) is 10.1 Å². The summed E-state index contributed by atoms with van der Waals surface area (Å²) in [5, 5.41) is 14.7. The van der Waals surface area contributed by atoms with Crippen molar-refractivity contribution >= 4 is 30.5 Å². The van der Waals surface area contributed by atoms with E-state index >= 15 is 0 Å². The predicted octanol–water partition coefficient (Wildman–Crippen LogP) is 3.97. The third kappa shape index (κ3) is 6.26. The topological polar surface area (TPSA) is 58.4 Å². The van der Waals surface area contributed by atoms with Crippen molar-refractivity contribution in [1.82, 2.24) is 10.2 Å². The molecule has 1 atom stereocenters. The van der Waals surface area contributed by atoms with Gasteiger partial charge in [-0.1, -0.05) is 44.4 Å². The fraction of sp³-hybridized carbons (Fsp3) is 0.625. The monoisotopic (exact) mass is 363 g/mol. The zero-order valence-corrected chi connectivity index (χ0v) is 15.2. The van der Waals surface area contributed by atoms with Gasteiger partial charge >= 0.3 is 0 Å². The molecule has 1 aromatic carbocycles. The number of nitrogens with zero attached hydrogens (tertiary/aromatic N) is 2. The summed E-state index contributed by atoms with van der Waals surface area (Å²) in [6, 6.07) is 7.39. The number of nitrogens with one attached hydrogen (secondary N) is 1. The highest BCUT2D eigenvalue weighted by Gasteiger charge is 2.27. The van der Waals surface area contributed by atoms with Gasteiger partial charge < -0.3 is 5.32 Å². The van der Waals surface area contributed by atoms with Crippen molar-refractivity contribution in [3.63, 3.8) is 0 Å². The third-order valence-corrected chi connectivity index (χ3v) is 4.17. The van der Waals surface area contributed by atoms with Crippen molar-refractivity contribution in [3.8, 4) is 0 Å². The van der Waals surface area contributed by atoms with Crippen molar-refractivity contribution in [3.05, 3.63) is 39.9 Å². The normalized spacial score (nSPS) is 16.0. The highest BCUT2D eigenvalue weighted by Crippen LogP contribution is 2.33.